The number of hydrogen-bond donors (Lipinski definition) is 0. The van der Waals surface area contributed by atoms with Gasteiger partial charge in [0.25, 0.3) is 0 Å². The topological polar surface area (TPSA) is 0 Å². The van der Waals surface area contributed by atoms with Gasteiger partial charge in [0.15, 0.2) is 0 Å². The molecule has 0 aliphatic rings. The molecule has 0 amide bonds. The fraction of sp³-hybridized carbons (Fsp3) is 0.667. The number of hydrogen-bond acceptors (Lipinski definition) is 1. The Morgan fingerprint density at radius 3 is 2.20 bits per heavy atom. The molecular weight excluding hydrogens is 235 g/mol. The summed E-state index contributed by atoms with van der Waals surface area (Å²) in [4.78, 5) is 0. The van der Waals surface area contributed by atoms with Crippen LogP contribution in [-0.4, -0.2) is 23.6 Å². The maximum Gasteiger partial charge on any atom is 0.457 e. The highest BCUT2D eigenvalue weighted by atomic mass is 32.2. The molecule has 0 aromatic rings. The summed E-state index contributed by atoms with van der Waals surface area (Å²) in [7, 11) is 0. The minimum atomic E-state index is -5.51. The predicted molar refractivity (Wildman–Crippen MR) is 52.1 cm³/mol. The lowest BCUT2D eigenvalue weighted by Gasteiger charge is -2.20. The number of halogens is 5. The summed E-state index contributed by atoms with van der Waals surface area (Å²) < 4.78 is 60.8. The van der Waals surface area contributed by atoms with Gasteiger partial charge in [0.05, 0.1) is 0 Å². The standard InChI is InChI=1S/C9H12F5S/c1-3-5-15-6-4-7(2)8(10,11)9(12,13)14/h4H,1,3,5-6H2,2H3. The van der Waals surface area contributed by atoms with Crippen molar-refractivity contribution in [2.45, 2.75) is 25.4 Å². The Morgan fingerprint density at radius 2 is 1.80 bits per heavy atom. The van der Waals surface area contributed by atoms with Gasteiger partial charge in [-0.2, -0.15) is 33.7 Å². The summed E-state index contributed by atoms with van der Waals surface area (Å²) in [6, 6.07) is 0. The fourth-order valence-electron chi connectivity index (χ4n) is 0.721. The fourth-order valence-corrected chi connectivity index (χ4v) is 1.46. The van der Waals surface area contributed by atoms with Gasteiger partial charge in [0.1, 0.15) is 0 Å². The molecule has 0 aromatic heterocycles. The van der Waals surface area contributed by atoms with Crippen molar-refractivity contribution in [3.8, 4) is 0 Å². The number of allylic oxidation sites excluding steroid dienone is 1. The molecular formula is C9H12F5S. The lowest BCUT2D eigenvalue weighted by atomic mass is 10.1. The second-order valence-electron chi connectivity index (χ2n) is 2.89. The van der Waals surface area contributed by atoms with Gasteiger partial charge in [0, 0.05) is 11.3 Å². The van der Waals surface area contributed by atoms with E-state index >= 15 is 0 Å². The summed E-state index contributed by atoms with van der Waals surface area (Å²) in [6.45, 7) is 4.31. The molecule has 0 unspecified atom stereocenters. The van der Waals surface area contributed by atoms with Gasteiger partial charge in [-0.05, 0) is 19.1 Å². The first-order valence-corrected chi connectivity index (χ1v) is 5.37. The third kappa shape index (κ3) is 4.40. The molecule has 1 radical (unpaired) electrons. The van der Waals surface area contributed by atoms with E-state index in [1.807, 2.05) is 0 Å². The summed E-state index contributed by atoms with van der Waals surface area (Å²) in [5.74, 6) is -3.94. The zero-order valence-electron chi connectivity index (χ0n) is 8.20. The summed E-state index contributed by atoms with van der Waals surface area (Å²) in [6.07, 6.45) is -3.98. The van der Waals surface area contributed by atoms with E-state index in [-0.39, 0.29) is 5.75 Å². The van der Waals surface area contributed by atoms with E-state index in [1.165, 1.54) is 11.8 Å². The molecule has 0 heterocycles. The molecule has 0 saturated carbocycles. The van der Waals surface area contributed by atoms with Crippen molar-refractivity contribution in [1.82, 2.24) is 0 Å². The van der Waals surface area contributed by atoms with Crippen molar-refractivity contribution in [3.05, 3.63) is 18.6 Å². The lowest BCUT2D eigenvalue weighted by molar-refractivity contribution is -0.264. The molecule has 0 saturated heterocycles. The molecule has 0 atom stereocenters. The van der Waals surface area contributed by atoms with Crippen LogP contribution in [0.2, 0.25) is 0 Å². The Balaban J connectivity index is 4.35. The van der Waals surface area contributed by atoms with E-state index in [2.05, 4.69) is 6.92 Å². The number of thioether (sulfide) groups is 1. The molecule has 15 heavy (non-hydrogen) atoms. The zero-order valence-corrected chi connectivity index (χ0v) is 9.02. The van der Waals surface area contributed by atoms with Crippen LogP contribution in [-0.2, 0) is 0 Å². The highest BCUT2D eigenvalue weighted by molar-refractivity contribution is 7.99. The molecule has 0 spiro atoms. The Labute approximate surface area is 89.9 Å². The SMILES string of the molecule is [CH2]CCSCC=C(C)C(F)(F)C(F)(F)F. The molecule has 0 aliphatic carbocycles. The normalized spacial score (nSPS) is 14.5. The van der Waals surface area contributed by atoms with E-state index in [4.69, 9.17) is 0 Å². The molecule has 0 bridgehead atoms. The Bertz CT molecular complexity index is 219. The van der Waals surface area contributed by atoms with Crippen LogP contribution in [0.4, 0.5) is 22.0 Å². The van der Waals surface area contributed by atoms with Gasteiger partial charge in [-0.3, -0.25) is 0 Å². The molecule has 0 nitrogen and oxygen atoms in total. The lowest BCUT2D eigenvalue weighted by Crippen LogP contribution is -2.37. The predicted octanol–water partition coefficient (Wildman–Crippen LogP) is 4.09. The average molecular weight is 247 g/mol. The van der Waals surface area contributed by atoms with E-state index in [9.17, 15) is 22.0 Å². The average Bonchev–Trinajstić information content (AvgIpc) is 2.10. The third-order valence-corrected chi connectivity index (χ3v) is 2.63. The largest absolute Gasteiger partial charge is 0.457 e. The molecule has 6 heteroatoms. The van der Waals surface area contributed by atoms with E-state index in [1.54, 1.807) is 0 Å². The van der Waals surface area contributed by atoms with Crippen molar-refractivity contribution in [3.63, 3.8) is 0 Å². The maximum absolute atomic E-state index is 12.6. The van der Waals surface area contributed by atoms with Gasteiger partial charge in [-0.15, -0.1) is 0 Å². The van der Waals surface area contributed by atoms with Crippen LogP contribution in [0, 0.1) is 6.92 Å². The van der Waals surface area contributed by atoms with Gasteiger partial charge in [0.2, 0.25) is 0 Å². The van der Waals surface area contributed by atoms with Crippen LogP contribution in [0.3, 0.4) is 0 Å². The smallest absolute Gasteiger partial charge is 0.191 e. The highest BCUT2D eigenvalue weighted by Crippen LogP contribution is 2.40. The van der Waals surface area contributed by atoms with Gasteiger partial charge in [-0.1, -0.05) is 13.0 Å². The quantitative estimate of drug-likeness (QED) is 0.400. The molecule has 0 fully saturated rings. The molecule has 89 valence electrons. The second kappa shape index (κ2) is 5.72. The highest BCUT2D eigenvalue weighted by Gasteiger charge is 2.58. The molecule has 0 aliphatic heterocycles. The molecule has 0 aromatic carbocycles. The van der Waals surface area contributed by atoms with Crippen LogP contribution in [0.5, 0.6) is 0 Å². The van der Waals surface area contributed by atoms with Crippen LogP contribution < -0.4 is 0 Å². The van der Waals surface area contributed by atoms with Crippen molar-refractivity contribution in [2.24, 2.45) is 0 Å². The van der Waals surface area contributed by atoms with Gasteiger partial charge in [-0.25, -0.2) is 0 Å². The monoisotopic (exact) mass is 247 g/mol. The van der Waals surface area contributed by atoms with E-state index < -0.39 is 17.7 Å². The van der Waals surface area contributed by atoms with Crippen LogP contribution in [0.1, 0.15) is 13.3 Å². The molecule has 0 N–H and O–H groups in total. The first-order valence-electron chi connectivity index (χ1n) is 4.22. The number of rotatable bonds is 5. The van der Waals surface area contributed by atoms with Gasteiger partial charge >= 0.3 is 12.1 Å². The van der Waals surface area contributed by atoms with Crippen LogP contribution in [0.15, 0.2) is 11.6 Å². The number of alkyl halides is 5. The van der Waals surface area contributed by atoms with Crippen LogP contribution >= 0.6 is 11.8 Å². The first kappa shape index (κ1) is 14.7. The minimum absolute atomic E-state index is 0.146. The molecule has 0 rings (SSSR count). The van der Waals surface area contributed by atoms with Gasteiger partial charge < -0.3 is 0 Å². The van der Waals surface area contributed by atoms with E-state index in [0.29, 0.717) is 12.2 Å². The Kier molecular flexibility index (Phi) is 5.62. The van der Waals surface area contributed by atoms with E-state index in [0.717, 1.165) is 13.0 Å². The summed E-state index contributed by atoms with van der Waals surface area (Å²) in [5, 5.41) is 0. The summed E-state index contributed by atoms with van der Waals surface area (Å²) in [5.41, 5.74) is -0.952. The van der Waals surface area contributed by atoms with Crippen molar-refractivity contribution >= 4 is 11.8 Å². The van der Waals surface area contributed by atoms with Crippen molar-refractivity contribution in [1.29, 1.82) is 0 Å². The maximum atomic E-state index is 12.6. The third-order valence-electron chi connectivity index (χ3n) is 1.65. The summed E-state index contributed by atoms with van der Waals surface area (Å²) >= 11 is 1.27. The minimum Gasteiger partial charge on any atom is -0.191 e. The van der Waals surface area contributed by atoms with Crippen molar-refractivity contribution in [2.75, 3.05) is 11.5 Å². The first-order chi connectivity index (χ1) is 6.73. The zero-order chi connectivity index (χ0) is 12.1. The second-order valence-corrected chi connectivity index (χ2v) is 4.04. The Morgan fingerprint density at radius 1 is 1.27 bits per heavy atom. The Hall–Kier alpha value is -0.260. The van der Waals surface area contributed by atoms with Crippen molar-refractivity contribution < 1.29 is 22.0 Å². The van der Waals surface area contributed by atoms with Crippen LogP contribution in [0.25, 0.3) is 0 Å².